The number of aryl methyl sites for hydroxylation is 2. The third kappa shape index (κ3) is 6.09. The Morgan fingerprint density at radius 2 is 1.73 bits per heavy atom. The van der Waals surface area contributed by atoms with Gasteiger partial charge in [0.05, 0.1) is 18.8 Å². The molecule has 0 bridgehead atoms. The Bertz CT molecular complexity index is 900. The number of nitrogens with one attached hydrogen (secondary N) is 3. The minimum absolute atomic E-state index is 0.0418. The number of para-hydroxylation sites is 1. The molecule has 0 saturated heterocycles. The SMILES string of the molecule is CSc1ccccc1NC(=O)C[NH+](C)CC(=O)N[C@H](C)c1ccc2c(c1)CCCC2. The molecule has 2 aromatic carbocycles. The highest BCUT2D eigenvalue weighted by Gasteiger charge is 2.18. The number of hydrogen-bond acceptors (Lipinski definition) is 3. The van der Waals surface area contributed by atoms with E-state index in [1.165, 1.54) is 24.0 Å². The lowest BCUT2D eigenvalue weighted by Crippen LogP contribution is -3.11. The van der Waals surface area contributed by atoms with Crippen LogP contribution in [-0.4, -0.2) is 38.2 Å². The topological polar surface area (TPSA) is 62.6 Å². The summed E-state index contributed by atoms with van der Waals surface area (Å²) in [7, 11) is 1.86. The number of carbonyl (C=O) groups is 2. The Hall–Kier alpha value is -2.31. The number of likely N-dealkylation sites (N-methyl/N-ethyl adjacent to an activating group) is 1. The summed E-state index contributed by atoms with van der Waals surface area (Å²) >= 11 is 1.59. The van der Waals surface area contributed by atoms with Gasteiger partial charge in [-0.25, -0.2) is 0 Å². The summed E-state index contributed by atoms with van der Waals surface area (Å²) in [6, 6.07) is 14.3. The van der Waals surface area contributed by atoms with Gasteiger partial charge in [-0.2, -0.15) is 0 Å². The van der Waals surface area contributed by atoms with Crippen molar-refractivity contribution in [2.75, 3.05) is 31.7 Å². The van der Waals surface area contributed by atoms with E-state index in [0.29, 0.717) is 0 Å². The number of thioether (sulfide) groups is 1. The zero-order chi connectivity index (χ0) is 21.5. The molecule has 5 nitrogen and oxygen atoms in total. The molecule has 6 heteroatoms. The van der Waals surface area contributed by atoms with Crippen LogP contribution >= 0.6 is 11.8 Å². The van der Waals surface area contributed by atoms with Gasteiger partial charge in [-0.3, -0.25) is 9.59 Å². The number of benzene rings is 2. The summed E-state index contributed by atoms with van der Waals surface area (Å²) in [5.41, 5.74) is 4.83. The van der Waals surface area contributed by atoms with Gasteiger partial charge in [-0.05, 0) is 67.7 Å². The quantitative estimate of drug-likeness (QED) is 0.569. The van der Waals surface area contributed by atoms with Gasteiger partial charge in [0, 0.05) is 4.90 Å². The smallest absolute Gasteiger partial charge is 0.279 e. The molecule has 160 valence electrons. The maximum absolute atomic E-state index is 12.5. The fraction of sp³-hybridized carbons (Fsp3) is 0.417. The van der Waals surface area contributed by atoms with Crippen LogP contribution in [0.1, 0.15) is 42.5 Å². The minimum Gasteiger partial charge on any atom is -0.345 e. The number of anilines is 1. The van der Waals surface area contributed by atoms with Gasteiger partial charge in [0.25, 0.3) is 11.8 Å². The van der Waals surface area contributed by atoms with Crippen molar-refractivity contribution < 1.29 is 14.5 Å². The first-order valence-electron chi connectivity index (χ1n) is 10.6. The van der Waals surface area contributed by atoms with Gasteiger partial charge in [0.1, 0.15) is 0 Å². The van der Waals surface area contributed by atoms with Crippen molar-refractivity contribution in [3.63, 3.8) is 0 Å². The van der Waals surface area contributed by atoms with Crippen molar-refractivity contribution in [1.82, 2.24) is 5.32 Å². The van der Waals surface area contributed by atoms with E-state index >= 15 is 0 Å². The Kier molecular flexibility index (Phi) is 7.94. The van der Waals surface area contributed by atoms with Crippen LogP contribution in [0.2, 0.25) is 0 Å². The summed E-state index contributed by atoms with van der Waals surface area (Å²) in [5.74, 6) is -0.139. The largest absolute Gasteiger partial charge is 0.345 e. The summed E-state index contributed by atoms with van der Waals surface area (Å²) in [6.07, 6.45) is 6.79. The molecule has 0 heterocycles. The summed E-state index contributed by atoms with van der Waals surface area (Å²) in [5, 5.41) is 6.03. The summed E-state index contributed by atoms with van der Waals surface area (Å²) in [6.45, 7) is 2.51. The lowest BCUT2D eigenvalue weighted by atomic mass is 9.89. The van der Waals surface area contributed by atoms with E-state index in [-0.39, 0.29) is 30.9 Å². The molecule has 3 N–H and O–H groups in total. The second kappa shape index (κ2) is 10.6. The first kappa shape index (κ1) is 22.4. The van der Waals surface area contributed by atoms with Crippen LogP contribution in [0.3, 0.4) is 0 Å². The molecule has 2 aromatic rings. The van der Waals surface area contributed by atoms with Gasteiger partial charge in [0.2, 0.25) is 0 Å². The van der Waals surface area contributed by atoms with Crippen LogP contribution in [0.15, 0.2) is 47.4 Å². The molecule has 30 heavy (non-hydrogen) atoms. The van der Waals surface area contributed by atoms with Crippen LogP contribution in [0.4, 0.5) is 5.69 Å². The Balaban J connectivity index is 1.48. The number of fused-ring (bicyclic) bond motifs is 1. The van der Waals surface area contributed by atoms with E-state index in [4.69, 9.17) is 0 Å². The minimum atomic E-state index is -0.0930. The Morgan fingerprint density at radius 1 is 1.03 bits per heavy atom. The van der Waals surface area contributed by atoms with Gasteiger partial charge < -0.3 is 15.5 Å². The van der Waals surface area contributed by atoms with E-state index < -0.39 is 0 Å². The highest BCUT2D eigenvalue weighted by atomic mass is 32.2. The van der Waals surface area contributed by atoms with E-state index in [1.807, 2.05) is 44.5 Å². The Morgan fingerprint density at radius 3 is 2.50 bits per heavy atom. The molecular formula is C24H32N3O2S+. The number of quaternary nitrogens is 1. The van der Waals surface area contributed by atoms with Crippen LogP contribution in [-0.2, 0) is 22.4 Å². The van der Waals surface area contributed by atoms with Crippen LogP contribution in [0.25, 0.3) is 0 Å². The number of rotatable bonds is 8. The third-order valence-corrected chi connectivity index (χ3v) is 6.35. The highest BCUT2D eigenvalue weighted by Crippen LogP contribution is 2.25. The molecule has 0 fully saturated rings. The third-order valence-electron chi connectivity index (χ3n) is 5.56. The first-order chi connectivity index (χ1) is 14.5. The Labute approximate surface area is 183 Å². The van der Waals surface area contributed by atoms with Gasteiger partial charge in [-0.1, -0.05) is 30.3 Å². The normalized spacial score (nSPS) is 15.0. The fourth-order valence-corrected chi connectivity index (χ4v) is 4.51. The average Bonchev–Trinajstić information content (AvgIpc) is 2.73. The van der Waals surface area contributed by atoms with Crippen molar-refractivity contribution >= 4 is 29.3 Å². The molecule has 1 aliphatic carbocycles. The van der Waals surface area contributed by atoms with E-state index in [1.54, 1.807) is 11.8 Å². The van der Waals surface area contributed by atoms with Gasteiger partial charge in [0.15, 0.2) is 13.1 Å². The molecule has 2 amide bonds. The molecular weight excluding hydrogens is 394 g/mol. The summed E-state index contributed by atoms with van der Waals surface area (Å²) < 4.78 is 0. The number of hydrogen-bond donors (Lipinski definition) is 3. The number of carbonyl (C=O) groups excluding carboxylic acids is 2. The predicted octanol–water partition coefficient (Wildman–Crippen LogP) is 2.62. The monoisotopic (exact) mass is 426 g/mol. The highest BCUT2D eigenvalue weighted by molar-refractivity contribution is 7.98. The maximum Gasteiger partial charge on any atom is 0.279 e. The zero-order valence-electron chi connectivity index (χ0n) is 18.1. The van der Waals surface area contributed by atoms with E-state index in [2.05, 4.69) is 28.8 Å². The lowest BCUT2D eigenvalue weighted by molar-refractivity contribution is -0.862. The fourth-order valence-electron chi connectivity index (χ4n) is 3.95. The number of amides is 2. The van der Waals surface area contributed by atoms with Crippen molar-refractivity contribution in [3.05, 3.63) is 59.2 Å². The average molecular weight is 427 g/mol. The van der Waals surface area contributed by atoms with Crippen molar-refractivity contribution in [1.29, 1.82) is 0 Å². The molecule has 0 spiro atoms. The van der Waals surface area contributed by atoms with Crippen molar-refractivity contribution in [2.45, 2.75) is 43.5 Å². The second-order valence-corrected chi connectivity index (χ2v) is 8.93. The molecule has 0 saturated carbocycles. The second-order valence-electron chi connectivity index (χ2n) is 8.08. The van der Waals surface area contributed by atoms with Gasteiger partial charge in [-0.15, -0.1) is 11.8 Å². The molecule has 1 aliphatic rings. The van der Waals surface area contributed by atoms with E-state index in [9.17, 15) is 9.59 Å². The predicted molar refractivity (Wildman–Crippen MR) is 123 cm³/mol. The molecule has 0 aliphatic heterocycles. The van der Waals surface area contributed by atoms with Crippen LogP contribution < -0.4 is 15.5 Å². The molecule has 3 rings (SSSR count). The summed E-state index contributed by atoms with van der Waals surface area (Å²) in [4.78, 5) is 26.8. The molecule has 0 radical (unpaired) electrons. The standard InChI is InChI=1S/C24H31N3O2S/c1-17(19-13-12-18-8-4-5-9-20(18)14-19)25-23(28)15-27(2)16-24(29)26-21-10-6-7-11-22(21)30-3/h6-7,10-14,17H,4-5,8-9,15-16H2,1-3H3,(H,25,28)(H,26,29)/p+1/t17-/m1/s1. The zero-order valence-corrected chi connectivity index (χ0v) is 18.9. The van der Waals surface area contributed by atoms with Crippen molar-refractivity contribution in [2.24, 2.45) is 0 Å². The molecule has 1 unspecified atom stereocenters. The maximum atomic E-state index is 12.5. The van der Waals surface area contributed by atoms with Gasteiger partial charge >= 0.3 is 0 Å². The first-order valence-corrected chi connectivity index (χ1v) is 11.8. The van der Waals surface area contributed by atoms with Crippen LogP contribution in [0, 0.1) is 0 Å². The molecule has 0 aromatic heterocycles. The van der Waals surface area contributed by atoms with Crippen molar-refractivity contribution in [3.8, 4) is 0 Å². The lowest BCUT2D eigenvalue weighted by Gasteiger charge is -2.21. The molecule has 2 atom stereocenters. The van der Waals surface area contributed by atoms with E-state index in [0.717, 1.165) is 33.9 Å². The van der Waals surface area contributed by atoms with Crippen LogP contribution in [0.5, 0.6) is 0 Å².